The molecule has 1 aliphatic rings. The number of ether oxygens (including phenoxy) is 1. The van der Waals surface area contributed by atoms with Gasteiger partial charge < -0.3 is 26.0 Å². The average molecular weight is 763 g/mol. The van der Waals surface area contributed by atoms with E-state index in [1.807, 2.05) is 30.3 Å². The van der Waals surface area contributed by atoms with Crippen LogP contribution in [-0.2, 0) is 43.7 Å². The van der Waals surface area contributed by atoms with Gasteiger partial charge in [-0.3, -0.25) is 14.4 Å². The van der Waals surface area contributed by atoms with Crippen molar-refractivity contribution in [3.63, 3.8) is 0 Å². The van der Waals surface area contributed by atoms with Crippen molar-refractivity contribution in [2.45, 2.75) is 82.3 Å². The van der Waals surface area contributed by atoms with Crippen LogP contribution in [0.25, 0.3) is 0 Å². The number of amides is 4. The topological polar surface area (TPSA) is 126 Å². The van der Waals surface area contributed by atoms with Crippen LogP contribution in [0.4, 0.5) is 23.7 Å². The van der Waals surface area contributed by atoms with E-state index in [-0.39, 0.29) is 18.7 Å². The molecule has 54 heavy (non-hydrogen) atoms. The molecule has 0 aromatic heterocycles. The van der Waals surface area contributed by atoms with Crippen LogP contribution in [0.5, 0.6) is 0 Å². The van der Waals surface area contributed by atoms with Gasteiger partial charge in [0, 0.05) is 22.7 Å². The van der Waals surface area contributed by atoms with Crippen molar-refractivity contribution in [1.82, 2.24) is 16.0 Å². The number of rotatable bonds is 12. The molecule has 0 unspecified atom stereocenters. The molecule has 0 saturated heterocycles. The van der Waals surface area contributed by atoms with Gasteiger partial charge in [-0.15, -0.1) is 0 Å². The van der Waals surface area contributed by atoms with Crippen molar-refractivity contribution >= 4 is 41.1 Å². The maximum Gasteiger partial charge on any atom is 0.416 e. The fraction of sp³-hybridized carbons (Fsp3) is 0.317. The molecular formula is C41H42ClF3N4O5. The number of alkyl carbamates (subject to hydrolysis) is 1. The van der Waals surface area contributed by atoms with Gasteiger partial charge in [-0.05, 0) is 87.1 Å². The molecule has 0 bridgehead atoms. The molecule has 0 heterocycles. The Balaban J connectivity index is 1.31. The average Bonchev–Trinajstić information content (AvgIpc) is 3.08. The Bertz CT molecular complexity index is 1940. The lowest BCUT2D eigenvalue weighted by Gasteiger charge is -2.44. The number of carbonyl (C=O) groups excluding carboxylic acids is 4. The molecule has 13 heteroatoms. The van der Waals surface area contributed by atoms with E-state index in [1.165, 1.54) is 12.1 Å². The van der Waals surface area contributed by atoms with Crippen LogP contribution in [0, 0.1) is 0 Å². The molecule has 4 N–H and O–H groups in total. The molecule has 2 atom stereocenters. The molecule has 0 aliphatic heterocycles. The zero-order valence-electron chi connectivity index (χ0n) is 30.1. The number of nitrogens with one attached hydrogen (secondary N) is 4. The number of hydrogen-bond acceptors (Lipinski definition) is 5. The first kappa shape index (κ1) is 39.8. The minimum Gasteiger partial charge on any atom is -0.444 e. The summed E-state index contributed by atoms with van der Waals surface area (Å²) in [5.41, 5.74) is 0.340. The monoisotopic (exact) mass is 762 g/mol. The number of anilines is 1. The molecule has 4 aromatic rings. The second-order valence-corrected chi connectivity index (χ2v) is 14.7. The molecule has 4 aromatic carbocycles. The Hall–Kier alpha value is -5.36. The van der Waals surface area contributed by atoms with Crippen LogP contribution in [0.1, 0.15) is 73.9 Å². The minimum atomic E-state index is -4.52. The van der Waals surface area contributed by atoms with E-state index >= 15 is 0 Å². The Morgan fingerprint density at radius 1 is 0.778 bits per heavy atom. The normalized spacial score (nSPS) is 14.8. The summed E-state index contributed by atoms with van der Waals surface area (Å²) in [6, 6.07) is 25.0. The summed E-state index contributed by atoms with van der Waals surface area (Å²) in [5.74, 6) is -1.41. The summed E-state index contributed by atoms with van der Waals surface area (Å²) >= 11 is 6.45. The Labute approximate surface area is 317 Å². The highest BCUT2D eigenvalue weighted by Gasteiger charge is 2.42. The highest BCUT2D eigenvalue weighted by atomic mass is 35.5. The van der Waals surface area contributed by atoms with Crippen LogP contribution in [0.3, 0.4) is 0 Å². The SMILES string of the molecule is CC(C)(C)OC(=O)N[C@@H](Cc1ccc(C(F)(F)F)cc1)C(=O)NC1(c2ccc(NC(=O)[C@H](NC(=O)Cc3ccccc3)c3ccccc3Cl)cc2)CCC1. The molecule has 9 nitrogen and oxygen atoms in total. The van der Waals surface area contributed by atoms with Gasteiger partial charge >= 0.3 is 12.3 Å². The number of benzene rings is 4. The fourth-order valence-electron chi connectivity index (χ4n) is 6.14. The lowest BCUT2D eigenvalue weighted by Crippen LogP contribution is -2.57. The third-order valence-corrected chi connectivity index (χ3v) is 9.34. The molecule has 5 rings (SSSR count). The molecule has 1 saturated carbocycles. The van der Waals surface area contributed by atoms with Crippen molar-refractivity contribution in [2.24, 2.45) is 0 Å². The van der Waals surface area contributed by atoms with Crippen molar-refractivity contribution in [3.05, 3.63) is 136 Å². The first-order chi connectivity index (χ1) is 25.5. The Morgan fingerprint density at radius 3 is 1.98 bits per heavy atom. The van der Waals surface area contributed by atoms with Crippen LogP contribution < -0.4 is 21.3 Å². The maximum absolute atomic E-state index is 13.8. The van der Waals surface area contributed by atoms with E-state index in [9.17, 15) is 32.3 Å². The summed E-state index contributed by atoms with van der Waals surface area (Å²) in [6.07, 6.45) is -3.39. The molecule has 0 radical (unpaired) electrons. The molecule has 1 aliphatic carbocycles. The van der Waals surface area contributed by atoms with E-state index in [2.05, 4.69) is 21.3 Å². The van der Waals surface area contributed by atoms with Crippen molar-refractivity contribution in [1.29, 1.82) is 0 Å². The van der Waals surface area contributed by atoms with Crippen molar-refractivity contribution in [3.8, 4) is 0 Å². The molecule has 0 spiro atoms. The lowest BCUT2D eigenvalue weighted by atomic mass is 9.71. The summed E-state index contributed by atoms with van der Waals surface area (Å²) < 4.78 is 44.9. The maximum atomic E-state index is 13.8. The van der Waals surface area contributed by atoms with Gasteiger partial charge in [0.05, 0.1) is 17.5 Å². The van der Waals surface area contributed by atoms with E-state index in [0.717, 1.165) is 29.7 Å². The van der Waals surface area contributed by atoms with E-state index in [0.29, 0.717) is 34.7 Å². The number of carbonyl (C=O) groups is 4. The summed E-state index contributed by atoms with van der Waals surface area (Å²) in [6.45, 7) is 5.02. The number of halogens is 4. The van der Waals surface area contributed by atoms with Gasteiger partial charge in [-0.2, -0.15) is 13.2 Å². The highest BCUT2D eigenvalue weighted by Crippen LogP contribution is 2.42. The minimum absolute atomic E-state index is 0.0655. The lowest BCUT2D eigenvalue weighted by molar-refractivity contribution is -0.137. The summed E-state index contributed by atoms with van der Waals surface area (Å²) in [4.78, 5) is 53.3. The van der Waals surface area contributed by atoms with Gasteiger partial charge in [0.25, 0.3) is 5.91 Å². The van der Waals surface area contributed by atoms with Crippen LogP contribution in [0.15, 0.2) is 103 Å². The van der Waals surface area contributed by atoms with E-state index in [4.69, 9.17) is 16.3 Å². The van der Waals surface area contributed by atoms with E-state index in [1.54, 1.807) is 69.3 Å². The second kappa shape index (κ2) is 16.8. The Kier molecular flexibility index (Phi) is 12.4. The molecule has 4 amide bonds. The van der Waals surface area contributed by atoms with Crippen molar-refractivity contribution in [2.75, 3.05) is 5.32 Å². The largest absolute Gasteiger partial charge is 0.444 e. The standard InChI is InChI=1S/C41H42ClF3N4O5/c1-39(2,3)54-38(53)47-33(24-27-14-16-29(17-15-27)41(43,44)45)36(51)49-40(22-9-23-40)28-18-20-30(21-19-28)46-37(52)35(31-12-7-8-13-32(31)42)48-34(50)25-26-10-5-4-6-11-26/h4-8,10-21,33,35H,9,22-25H2,1-3H3,(H,46,52)(H,47,53)(H,48,50)(H,49,51)/t33-,35+/m0/s1. The van der Waals surface area contributed by atoms with Crippen molar-refractivity contribution < 1.29 is 37.1 Å². The van der Waals surface area contributed by atoms with Gasteiger partial charge in [0.1, 0.15) is 17.7 Å². The zero-order valence-corrected chi connectivity index (χ0v) is 30.8. The molecule has 1 fully saturated rings. The predicted molar refractivity (Wildman–Crippen MR) is 200 cm³/mol. The quantitative estimate of drug-likeness (QED) is 0.116. The first-order valence-electron chi connectivity index (χ1n) is 17.5. The van der Waals surface area contributed by atoms with Crippen LogP contribution in [0.2, 0.25) is 5.02 Å². The smallest absolute Gasteiger partial charge is 0.416 e. The third kappa shape index (κ3) is 10.6. The number of hydrogen-bond donors (Lipinski definition) is 4. The first-order valence-corrected chi connectivity index (χ1v) is 17.9. The Morgan fingerprint density at radius 2 is 1.41 bits per heavy atom. The number of alkyl halides is 3. The van der Waals surface area contributed by atoms with Gasteiger partial charge in [-0.25, -0.2) is 4.79 Å². The van der Waals surface area contributed by atoms with Gasteiger partial charge in [-0.1, -0.05) is 84.4 Å². The summed E-state index contributed by atoms with van der Waals surface area (Å²) in [7, 11) is 0. The highest BCUT2D eigenvalue weighted by molar-refractivity contribution is 6.31. The van der Waals surface area contributed by atoms with Gasteiger partial charge in [0.15, 0.2) is 0 Å². The predicted octanol–water partition coefficient (Wildman–Crippen LogP) is 8.03. The van der Waals surface area contributed by atoms with Gasteiger partial charge in [0.2, 0.25) is 11.8 Å². The zero-order chi connectivity index (χ0) is 39.1. The molecular weight excluding hydrogens is 721 g/mol. The van der Waals surface area contributed by atoms with Crippen LogP contribution >= 0.6 is 11.6 Å². The summed E-state index contributed by atoms with van der Waals surface area (Å²) in [5, 5.41) is 11.7. The molecule has 284 valence electrons. The third-order valence-electron chi connectivity index (χ3n) is 8.99. The fourth-order valence-corrected chi connectivity index (χ4v) is 6.38. The van der Waals surface area contributed by atoms with Crippen LogP contribution in [-0.4, -0.2) is 35.5 Å². The van der Waals surface area contributed by atoms with E-state index < -0.39 is 52.9 Å². The second-order valence-electron chi connectivity index (χ2n) is 14.3.